The molecule has 2 heterocycles. The number of hydrogen-bond donors (Lipinski definition) is 1. The second-order valence-corrected chi connectivity index (χ2v) is 6.35. The number of benzene rings is 1. The monoisotopic (exact) mass is 371 g/mol. The molecule has 3 aromatic rings. The van der Waals surface area contributed by atoms with E-state index in [2.05, 4.69) is 26.2 Å². The quantitative estimate of drug-likeness (QED) is 0.721. The predicted molar refractivity (Wildman–Crippen MR) is 94.4 cm³/mol. The average Bonchev–Trinajstić information content (AvgIpc) is 2.95. The Balaban J connectivity index is 1.45. The highest BCUT2D eigenvalue weighted by Gasteiger charge is 2.04. The van der Waals surface area contributed by atoms with Crippen molar-refractivity contribution in [3.05, 3.63) is 70.6 Å². The summed E-state index contributed by atoms with van der Waals surface area (Å²) in [6, 6.07) is 14.0. The lowest BCUT2D eigenvalue weighted by Gasteiger charge is -2.04. The molecule has 0 saturated carbocycles. The second kappa shape index (κ2) is 7.42. The van der Waals surface area contributed by atoms with E-state index in [9.17, 15) is 4.79 Å². The summed E-state index contributed by atoms with van der Waals surface area (Å²) in [5.41, 5.74) is 3.08. The van der Waals surface area contributed by atoms with E-state index < -0.39 is 0 Å². The number of hydrogen-bond acceptors (Lipinski definition) is 2. The van der Waals surface area contributed by atoms with Crippen molar-refractivity contribution in [2.45, 2.75) is 19.3 Å². The summed E-state index contributed by atoms with van der Waals surface area (Å²) in [4.78, 5) is 16.4. The molecule has 1 N–H and O–H groups in total. The number of aryl methyl sites for hydroxylation is 1. The molecule has 0 spiro atoms. The summed E-state index contributed by atoms with van der Waals surface area (Å²) in [6.07, 6.45) is 5.99. The lowest BCUT2D eigenvalue weighted by molar-refractivity contribution is -0.121. The maximum absolute atomic E-state index is 11.9. The number of rotatable bonds is 6. The standard InChI is InChI=1S/C18H18BrN3O/c19-15-7-8-17-21-16(13-22(17)12-15)10-11-20-18(23)9-6-14-4-2-1-3-5-14/h1-5,7-8,12-13H,6,9-11H2,(H,20,23). The van der Waals surface area contributed by atoms with E-state index in [0.29, 0.717) is 13.0 Å². The first-order chi connectivity index (χ1) is 11.2. The van der Waals surface area contributed by atoms with Gasteiger partial charge in [-0.1, -0.05) is 30.3 Å². The van der Waals surface area contributed by atoms with E-state index in [-0.39, 0.29) is 5.91 Å². The maximum atomic E-state index is 11.9. The van der Waals surface area contributed by atoms with Crippen LogP contribution in [0.15, 0.2) is 59.3 Å². The van der Waals surface area contributed by atoms with Gasteiger partial charge in [-0.3, -0.25) is 4.79 Å². The number of pyridine rings is 1. The molecule has 0 unspecified atom stereocenters. The van der Waals surface area contributed by atoms with E-state index in [0.717, 1.165) is 28.7 Å². The molecule has 1 aromatic carbocycles. The Kier molecular flexibility index (Phi) is 5.08. The predicted octanol–water partition coefficient (Wildman–Crippen LogP) is 3.39. The van der Waals surface area contributed by atoms with Crippen LogP contribution in [-0.2, 0) is 17.6 Å². The second-order valence-electron chi connectivity index (χ2n) is 5.43. The van der Waals surface area contributed by atoms with Gasteiger partial charge in [0.15, 0.2) is 0 Å². The van der Waals surface area contributed by atoms with Gasteiger partial charge >= 0.3 is 0 Å². The van der Waals surface area contributed by atoms with Crippen LogP contribution in [0.3, 0.4) is 0 Å². The normalized spacial score (nSPS) is 10.8. The third-order valence-corrected chi connectivity index (χ3v) is 4.12. The van der Waals surface area contributed by atoms with Crippen LogP contribution in [0.1, 0.15) is 17.7 Å². The van der Waals surface area contributed by atoms with Crippen molar-refractivity contribution < 1.29 is 4.79 Å². The molecule has 0 saturated heterocycles. The van der Waals surface area contributed by atoms with Crippen molar-refractivity contribution >= 4 is 27.5 Å². The summed E-state index contributed by atoms with van der Waals surface area (Å²) in [6.45, 7) is 0.610. The minimum absolute atomic E-state index is 0.0837. The van der Waals surface area contributed by atoms with Gasteiger partial charge in [0.05, 0.1) is 5.69 Å². The summed E-state index contributed by atoms with van der Waals surface area (Å²) in [5, 5.41) is 2.96. The number of fused-ring (bicyclic) bond motifs is 1. The van der Waals surface area contributed by atoms with Crippen LogP contribution in [0.25, 0.3) is 5.65 Å². The zero-order valence-corrected chi connectivity index (χ0v) is 14.3. The van der Waals surface area contributed by atoms with Crippen LogP contribution >= 0.6 is 15.9 Å². The van der Waals surface area contributed by atoms with Crippen LogP contribution in [-0.4, -0.2) is 21.8 Å². The lowest BCUT2D eigenvalue weighted by atomic mass is 10.1. The van der Waals surface area contributed by atoms with E-state index in [1.165, 1.54) is 5.56 Å². The molecule has 0 aliphatic carbocycles. The minimum atomic E-state index is 0.0837. The Morgan fingerprint density at radius 1 is 1.09 bits per heavy atom. The first-order valence-corrected chi connectivity index (χ1v) is 8.44. The minimum Gasteiger partial charge on any atom is -0.356 e. The molecule has 0 bridgehead atoms. The van der Waals surface area contributed by atoms with Gasteiger partial charge in [0.1, 0.15) is 5.65 Å². The highest BCUT2D eigenvalue weighted by atomic mass is 79.9. The number of nitrogens with one attached hydrogen (secondary N) is 1. The van der Waals surface area contributed by atoms with Crippen LogP contribution in [0.5, 0.6) is 0 Å². The number of halogens is 1. The number of nitrogens with zero attached hydrogens (tertiary/aromatic N) is 2. The fourth-order valence-electron chi connectivity index (χ4n) is 2.46. The largest absolute Gasteiger partial charge is 0.356 e. The molecule has 23 heavy (non-hydrogen) atoms. The molecular formula is C18H18BrN3O. The Labute approximate surface area is 143 Å². The van der Waals surface area contributed by atoms with Gasteiger partial charge in [-0.25, -0.2) is 4.98 Å². The average molecular weight is 372 g/mol. The molecular weight excluding hydrogens is 354 g/mol. The lowest BCUT2D eigenvalue weighted by Crippen LogP contribution is -2.25. The number of imidazole rings is 1. The molecule has 0 atom stereocenters. The van der Waals surface area contributed by atoms with Crippen molar-refractivity contribution in [2.24, 2.45) is 0 Å². The topological polar surface area (TPSA) is 46.4 Å². The molecule has 3 rings (SSSR count). The van der Waals surface area contributed by atoms with Gasteiger partial charge in [-0.2, -0.15) is 0 Å². The van der Waals surface area contributed by atoms with Gasteiger partial charge in [0.25, 0.3) is 0 Å². The van der Waals surface area contributed by atoms with Crippen LogP contribution in [0.2, 0.25) is 0 Å². The van der Waals surface area contributed by atoms with Crippen molar-refractivity contribution in [3.8, 4) is 0 Å². The highest BCUT2D eigenvalue weighted by Crippen LogP contribution is 2.12. The molecule has 0 aliphatic rings. The maximum Gasteiger partial charge on any atom is 0.220 e. The summed E-state index contributed by atoms with van der Waals surface area (Å²) in [7, 11) is 0. The van der Waals surface area contributed by atoms with Gasteiger partial charge in [-0.15, -0.1) is 0 Å². The Hall–Kier alpha value is -2.14. The van der Waals surface area contributed by atoms with E-state index in [1.54, 1.807) is 0 Å². The van der Waals surface area contributed by atoms with Crippen LogP contribution in [0.4, 0.5) is 0 Å². The first kappa shape index (κ1) is 15.7. The molecule has 1 amide bonds. The van der Waals surface area contributed by atoms with E-state index >= 15 is 0 Å². The van der Waals surface area contributed by atoms with Gasteiger partial charge in [0.2, 0.25) is 5.91 Å². The number of amides is 1. The molecule has 0 radical (unpaired) electrons. The van der Waals surface area contributed by atoms with Crippen molar-refractivity contribution in [2.75, 3.05) is 6.54 Å². The number of aromatic nitrogens is 2. The smallest absolute Gasteiger partial charge is 0.220 e. The Bertz CT molecular complexity index is 798. The summed E-state index contributed by atoms with van der Waals surface area (Å²) in [5.74, 6) is 0.0837. The van der Waals surface area contributed by atoms with Gasteiger partial charge < -0.3 is 9.72 Å². The molecule has 4 nitrogen and oxygen atoms in total. The summed E-state index contributed by atoms with van der Waals surface area (Å²) < 4.78 is 3.00. The van der Waals surface area contributed by atoms with Crippen LogP contribution in [0, 0.1) is 0 Å². The van der Waals surface area contributed by atoms with Crippen molar-refractivity contribution in [1.82, 2.24) is 14.7 Å². The third kappa shape index (κ3) is 4.42. The first-order valence-electron chi connectivity index (χ1n) is 7.64. The van der Waals surface area contributed by atoms with Gasteiger partial charge in [0, 0.05) is 36.3 Å². The fourth-order valence-corrected chi connectivity index (χ4v) is 2.81. The Morgan fingerprint density at radius 2 is 1.91 bits per heavy atom. The van der Waals surface area contributed by atoms with E-state index in [1.807, 2.05) is 59.3 Å². The molecule has 118 valence electrons. The van der Waals surface area contributed by atoms with Crippen molar-refractivity contribution in [3.63, 3.8) is 0 Å². The third-order valence-electron chi connectivity index (χ3n) is 3.65. The summed E-state index contributed by atoms with van der Waals surface area (Å²) >= 11 is 3.44. The highest BCUT2D eigenvalue weighted by molar-refractivity contribution is 9.10. The SMILES string of the molecule is O=C(CCc1ccccc1)NCCc1cn2cc(Br)ccc2n1. The van der Waals surface area contributed by atoms with E-state index in [4.69, 9.17) is 0 Å². The van der Waals surface area contributed by atoms with Crippen molar-refractivity contribution in [1.29, 1.82) is 0 Å². The number of carbonyl (C=O) groups is 1. The number of carbonyl (C=O) groups excluding carboxylic acids is 1. The Morgan fingerprint density at radius 3 is 2.74 bits per heavy atom. The zero-order chi connectivity index (χ0) is 16.1. The zero-order valence-electron chi connectivity index (χ0n) is 12.7. The van der Waals surface area contributed by atoms with Crippen LogP contribution < -0.4 is 5.32 Å². The molecule has 0 aliphatic heterocycles. The molecule has 5 heteroatoms. The molecule has 2 aromatic heterocycles. The molecule has 0 fully saturated rings. The fraction of sp³-hybridized carbons (Fsp3) is 0.222. The van der Waals surface area contributed by atoms with Gasteiger partial charge in [-0.05, 0) is 40.0 Å².